The van der Waals surface area contributed by atoms with E-state index in [9.17, 15) is 12.8 Å². The maximum absolute atomic E-state index is 12.8. The minimum atomic E-state index is -3.89. The molecular weight excluding hydrogens is 303 g/mol. The lowest BCUT2D eigenvalue weighted by molar-refractivity contribution is 0.599. The molecule has 102 valence electrons. The van der Waals surface area contributed by atoms with Crippen molar-refractivity contribution >= 4 is 27.3 Å². The summed E-state index contributed by atoms with van der Waals surface area (Å²) in [5, 5.41) is 8.95. The third-order valence-electron chi connectivity index (χ3n) is 2.46. The number of sulfonamides is 1. The lowest BCUT2D eigenvalue weighted by Crippen LogP contribution is -2.13. The molecule has 0 saturated heterocycles. The Hall–Kier alpha value is -2.10. The maximum Gasteiger partial charge on any atom is 0.261 e. The van der Waals surface area contributed by atoms with Gasteiger partial charge in [-0.2, -0.15) is 5.26 Å². The van der Waals surface area contributed by atoms with Gasteiger partial charge in [0.15, 0.2) is 0 Å². The number of anilines is 1. The van der Waals surface area contributed by atoms with Crippen molar-refractivity contribution in [3.63, 3.8) is 0 Å². The second kappa shape index (κ2) is 5.49. The van der Waals surface area contributed by atoms with Crippen LogP contribution in [-0.2, 0) is 10.0 Å². The van der Waals surface area contributed by atoms with Gasteiger partial charge in [-0.1, -0.05) is 11.6 Å². The number of nitrogens with one attached hydrogen (secondary N) is 1. The second-order valence-electron chi connectivity index (χ2n) is 3.87. The molecule has 20 heavy (non-hydrogen) atoms. The van der Waals surface area contributed by atoms with Gasteiger partial charge in [-0.05, 0) is 42.5 Å². The van der Waals surface area contributed by atoms with Crippen LogP contribution in [0.25, 0.3) is 0 Å². The first-order valence-corrected chi connectivity index (χ1v) is 7.26. The average Bonchev–Trinajstić information content (AvgIpc) is 2.41. The van der Waals surface area contributed by atoms with Crippen LogP contribution in [0.15, 0.2) is 47.4 Å². The van der Waals surface area contributed by atoms with Crippen LogP contribution in [0.5, 0.6) is 0 Å². The molecule has 0 amide bonds. The fourth-order valence-corrected chi connectivity index (χ4v) is 2.78. The van der Waals surface area contributed by atoms with Crippen molar-refractivity contribution in [2.75, 3.05) is 4.72 Å². The summed E-state index contributed by atoms with van der Waals surface area (Å²) in [6.07, 6.45) is 0. The van der Waals surface area contributed by atoms with E-state index >= 15 is 0 Å². The van der Waals surface area contributed by atoms with E-state index in [4.69, 9.17) is 16.9 Å². The molecule has 0 bridgehead atoms. The van der Waals surface area contributed by atoms with Crippen LogP contribution < -0.4 is 4.72 Å². The van der Waals surface area contributed by atoms with Crippen molar-refractivity contribution < 1.29 is 12.8 Å². The third-order valence-corrected chi connectivity index (χ3v) is 4.17. The summed E-state index contributed by atoms with van der Waals surface area (Å²) in [7, 11) is -3.89. The lowest BCUT2D eigenvalue weighted by Gasteiger charge is -2.09. The van der Waals surface area contributed by atoms with Gasteiger partial charge >= 0.3 is 0 Å². The van der Waals surface area contributed by atoms with Gasteiger partial charge in [0.2, 0.25) is 0 Å². The zero-order chi connectivity index (χ0) is 14.8. The monoisotopic (exact) mass is 310 g/mol. The zero-order valence-electron chi connectivity index (χ0n) is 9.97. The number of hydrogen-bond donors (Lipinski definition) is 1. The van der Waals surface area contributed by atoms with Crippen LogP contribution in [0.2, 0.25) is 5.02 Å². The summed E-state index contributed by atoms with van der Waals surface area (Å²) in [4.78, 5) is -0.0997. The standard InChI is InChI=1S/C13H8ClFN2O2S/c14-12-6-1-9(8-16)7-13(12)17-20(18,19)11-4-2-10(15)3-5-11/h1-7,17H. The summed E-state index contributed by atoms with van der Waals surface area (Å²) < 4.78 is 39.2. The minimum absolute atomic E-state index is 0.0926. The summed E-state index contributed by atoms with van der Waals surface area (Å²) in [6, 6.07) is 10.5. The Kier molecular flexibility index (Phi) is 3.93. The predicted octanol–water partition coefficient (Wildman–Crippen LogP) is 3.15. The topological polar surface area (TPSA) is 70.0 Å². The van der Waals surface area contributed by atoms with Gasteiger partial charge < -0.3 is 0 Å². The predicted molar refractivity (Wildman–Crippen MR) is 73.4 cm³/mol. The van der Waals surface area contributed by atoms with Crippen LogP contribution in [0.1, 0.15) is 5.56 Å². The summed E-state index contributed by atoms with van der Waals surface area (Å²) in [6.45, 7) is 0. The fraction of sp³-hybridized carbons (Fsp3) is 0. The van der Waals surface area contributed by atoms with E-state index in [1.165, 1.54) is 18.2 Å². The van der Waals surface area contributed by atoms with Crippen LogP contribution >= 0.6 is 11.6 Å². The number of hydrogen-bond acceptors (Lipinski definition) is 3. The van der Waals surface area contributed by atoms with E-state index in [1.807, 2.05) is 6.07 Å². The van der Waals surface area contributed by atoms with Gasteiger partial charge in [0, 0.05) is 0 Å². The van der Waals surface area contributed by atoms with Crippen LogP contribution in [0.3, 0.4) is 0 Å². The first-order chi connectivity index (χ1) is 9.42. The van der Waals surface area contributed by atoms with E-state index in [0.717, 1.165) is 24.3 Å². The lowest BCUT2D eigenvalue weighted by atomic mass is 10.2. The molecule has 2 aromatic rings. The number of halogens is 2. The van der Waals surface area contributed by atoms with Crippen molar-refractivity contribution in [3.05, 3.63) is 58.9 Å². The molecule has 2 rings (SSSR count). The summed E-state index contributed by atoms with van der Waals surface area (Å²) >= 11 is 5.88. The SMILES string of the molecule is N#Cc1ccc(Cl)c(NS(=O)(=O)c2ccc(F)cc2)c1. The summed E-state index contributed by atoms with van der Waals surface area (Å²) in [5.74, 6) is -0.534. The molecule has 4 nitrogen and oxygen atoms in total. The molecule has 0 heterocycles. The van der Waals surface area contributed by atoms with Gasteiger partial charge in [0.05, 0.1) is 27.2 Å². The molecule has 0 spiro atoms. The van der Waals surface area contributed by atoms with Gasteiger partial charge in [-0.3, -0.25) is 4.72 Å². The van der Waals surface area contributed by atoms with Crippen molar-refractivity contribution in [3.8, 4) is 6.07 Å². The maximum atomic E-state index is 12.8. The molecule has 0 atom stereocenters. The van der Waals surface area contributed by atoms with Crippen LogP contribution in [0.4, 0.5) is 10.1 Å². The van der Waals surface area contributed by atoms with E-state index in [1.54, 1.807) is 0 Å². The number of rotatable bonds is 3. The number of nitrogens with zero attached hydrogens (tertiary/aromatic N) is 1. The van der Waals surface area contributed by atoms with Crippen molar-refractivity contribution in [1.29, 1.82) is 5.26 Å². The van der Waals surface area contributed by atoms with Gasteiger partial charge in [0.1, 0.15) is 5.82 Å². The molecule has 0 saturated carbocycles. The molecule has 0 fully saturated rings. The van der Waals surface area contributed by atoms with Crippen molar-refractivity contribution in [1.82, 2.24) is 0 Å². The largest absolute Gasteiger partial charge is 0.278 e. The quantitative estimate of drug-likeness (QED) is 0.946. The first-order valence-electron chi connectivity index (χ1n) is 5.40. The molecule has 0 aliphatic carbocycles. The molecule has 0 aromatic heterocycles. The van der Waals surface area contributed by atoms with E-state index in [0.29, 0.717) is 0 Å². The highest BCUT2D eigenvalue weighted by Gasteiger charge is 2.16. The van der Waals surface area contributed by atoms with Gasteiger partial charge in [0.25, 0.3) is 10.0 Å². The Balaban J connectivity index is 2.38. The van der Waals surface area contributed by atoms with E-state index in [2.05, 4.69) is 4.72 Å². The van der Waals surface area contributed by atoms with Crippen molar-refractivity contribution in [2.24, 2.45) is 0 Å². The Bertz CT molecular complexity index is 783. The number of nitriles is 1. The van der Waals surface area contributed by atoms with Crippen LogP contribution in [0, 0.1) is 17.1 Å². The molecule has 1 N–H and O–H groups in total. The highest BCUT2D eigenvalue weighted by molar-refractivity contribution is 7.92. The summed E-state index contributed by atoms with van der Waals surface area (Å²) in [5.41, 5.74) is 0.362. The van der Waals surface area contributed by atoms with E-state index < -0.39 is 15.8 Å². The van der Waals surface area contributed by atoms with Crippen molar-refractivity contribution in [2.45, 2.75) is 4.90 Å². The Labute approximate surface area is 120 Å². The highest BCUT2D eigenvalue weighted by atomic mass is 35.5. The molecular formula is C13H8ClFN2O2S. The molecule has 0 unspecified atom stereocenters. The zero-order valence-corrected chi connectivity index (χ0v) is 11.5. The normalized spacial score (nSPS) is 10.8. The van der Waals surface area contributed by atoms with Gasteiger partial charge in [-0.25, -0.2) is 12.8 Å². The molecule has 0 radical (unpaired) electrons. The minimum Gasteiger partial charge on any atom is -0.278 e. The van der Waals surface area contributed by atoms with Gasteiger partial charge in [-0.15, -0.1) is 0 Å². The smallest absolute Gasteiger partial charge is 0.261 e. The van der Waals surface area contributed by atoms with E-state index in [-0.39, 0.29) is 21.2 Å². The molecule has 7 heteroatoms. The average molecular weight is 311 g/mol. The molecule has 2 aromatic carbocycles. The number of benzene rings is 2. The second-order valence-corrected chi connectivity index (χ2v) is 5.96. The third kappa shape index (κ3) is 3.07. The Morgan fingerprint density at radius 2 is 1.80 bits per heavy atom. The first kappa shape index (κ1) is 14.3. The molecule has 0 aliphatic rings. The molecule has 0 aliphatic heterocycles. The fourth-order valence-electron chi connectivity index (χ4n) is 1.49. The highest BCUT2D eigenvalue weighted by Crippen LogP contribution is 2.25. The Morgan fingerprint density at radius 3 is 2.40 bits per heavy atom. The Morgan fingerprint density at radius 1 is 1.15 bits per heavy atom. The van der Waals surface area contributed by atoms with Crippen LogP contribution in [-0.4, -0.2) is 8.42 Å².